The minimum Gasteiger partial charge on any atom is -0.300 e. The molecule has 1 fully saturated rings. The molecule has 2 heteroatoms. The Balaban J connectivity index is 2.39. The van der Waals surface area contributed by atoms with Crippen molar-refractivity contribution in [1.29, 1.82) is 0 Å². The van der Waals surface area contributed by atoms with Gasteiger partial charge in [-0.15, -0.1) is 11.6 Å². The molecule has 9 heavy (non-hydrogen) atoms. The molecular weight excluding hydrogens is 136 g/mol. The van der Waals surface area contributed by atoms with Crippen LogP contribution in [0.15, 0.2) is 0 Å². The van der Waals surface area contributed by atoms with Crippen LogP contribution in [0.4, 0.5) is 0 Å². The third-order valence-corrected chi connectivity index (χ3v) is 2.34. The fraction of sp³-hybridized carbons (Fsp3) is 0.857. The lowest BCUT2D eigenvalue weighted by Gasteiger charge is -2.00. The lowest BCUT2D eigenvalue weighted by Crippen LogP contribution is -2.05. The normalized spacial score (nSPS) is 34.9. The van der Waals surface area contributed by atoms with Gasteiger partial charge in [-0.05, 0) is 26.2 Å². The molecule has 2 atom stereocenters. The van der Waals surface area contributed by atoms with Gasteiger partial charge >= 0.3 is 0 Å². The van der Waals surface area contributed by atoms with Crippen molar-refractivity contribution in [2.45, 2.75) is 31.6 Å². The Kier molecular flexibility index (Phi) is 2.12. The molecule has 0 aliphatic heterocycles. The molecule has 0 aromatic heterocycles. The summed E-state index contributed by atoms with van der Waals surface area (Å²) in [5.74, 6) is 0.575. The van der Waals surface area contributed by atoms with E-state index in [9.17, 15) is 4.79 Å². The number of halogens is 1. The topological polar surface area (TPSA) is 17.1 Å². The largest absolute Gasteiger partial charge is 0.300 e. The Morgan fingerprint density at radius 3 is 2.44 bits per heavy atom. The lowest BCUT2D eigenvalue weighted by atomic mass is 10.0. The highest BCUT2D eigenvalue weighted by atomic mass is 35.5. The van der Waals surface area contributed by atoms with Crippen molar-refractivity contribution in [2.24, 2.45) is 5.92 Å². The second-order valence-electron chi connectivity index (χ2n) is 2.72. The number of carbonyl (C=O) groups is 1. The lowest BCUT2D eigenvalue weighted by molar-refractivity contribution is -0.120. The summed E-state index contributed by atoms with van der Waals surface area (Å²) < 4.78 is 0. The Morgan fingerprint density at radius 1 is 1.56 bits per heavy atom. The van der Waals surface area contributed by atoms with Gasteiger partial charge in [0.15, 0.2) is 0 Å². The highest BCUT2D eigenvalue weighted by molar-refractivity contribution is 6.20. The fourth-order valence-electron chi connectivity index (χ4n) is 1.30. The van der Waals surface area contributed by atoms with Crippen molar-refractivity contribution in [3.8, 4) is 0 Å². The Morgan fingerprint density at radius 2 is 2.22 bits per heavy atom. The van der Waals surface area contributed by atoms with Gasteiger partial charge in [-0.2, -0.15) is 0 Å². The summed E-state index contributed by atoms with van der Waals surface area (Å²) in [4.78, 5) is 10.7. The van der Waals surface area contributed by atoms with Gasteiger partial charge in [0.25, 0.3) is 0 Å². The van der Waals surface area contributed by atoms with Gasteiger partial charge < -0.3 is 0 Å². The number of Topliss-reactive ketones (excluding diaryl/α,β-unsaturated/α-hetero) is 1. The monoisotopic (exact) mass is 146 g/mol. The first-order chi connectivity index (χ1) is 4.20. The predicted molar refractivity (Wildman–Crippen MR) is 37.7 cm³/mol. The molecule has 1 aliphatic carbocycles. The molecule has 0 amide bonds. The minimum atomic E-state index is 0.263. The van der Waals surface area contributed by atoms with Crippen molar-refractivity contribution in [3.05, 3.63) is 0 Å². The van der Waals surface area contributed by atoms with Gasteiger partial charge in [0, 0.05) is 11.3 Å². The molecule has 1 aliphatic rings. The van der Waals surface area contributed by atoms with Crippen molar-refractivity contribution in [1.82, 2.24) is 0 Å². The van der Waals surface area contributed by atoms with Crippen LogP contribution in [0.1, 0.15) is 26.2 Å². The van der Waals surface area contributed by atoms with E-state index >= 15 is 0 Å². The smallest absolute Gasteiger partial charge is 0.132 e. The maximum atomic E-state index is 10.7. The highest BCUT2D eigenvalue weighted by Gasteiger charge is 2.25. The van der Waals surface area contributed by atoms with Crippen LogP contribution in [0.5, 0.6) is 0 Å². The second kappa shape index (κ2) is 2.70. The second-order valence-corrected chi connectivity index (χ2v) is 3.34. The molecular formula is C7H11ClO. The van der Waals surface area contributed by atoms with Crippen LogP contribution in [0, 0.1) is 5.92 Å². The number of alkyl halides is 1. The summed E-state index contributed by atoms with van der Waals surface area (Å²) in [7, 11) is 0. The van der Waals surface area contributed by atoms with Crippen LogP contribution < -0.4 is 0 Å². The van der Waals surface area contributed by atoms with Crippen molar-refractivity contribution >= 4 is 17.4 Å². The molecule has 0 radical (unpaired) electrons. The van der Waals surface area contributed by atoms with E-state index in [-0.39, 0.29) is 11.3 Å². The fourth-order valence-corrected chi connectivity index (χ4v) is 1.64. The number of hydrogen-bond acceptors (Lipinski definition) is 1. The van der Waals surface area contributed by atoms with Gasteiger partial charge in [-0.3, -0.25) is 4.79 Å². The van der Waals surface area contributed by atoms with Crippen LogP contribution in [-0.4, -0.2) is 11.2 Å². The van der Waals surface area contributed by atoms with E-state index in [1.54, 1.807) is 6.92 Å². The zero-order valence-electron chi connectivity index (χ0n) is 5.56. The minimum absolute atomic E-state index is 0.263. The zero-order valence-corrected chi connectivity index (χ0v) is 6.32. The van der Waals surface area contributed by atoms with Gasteiger partial charge in [0.1, 0.15) is 5.78 Å². The van der Waals surface area contributed by atoms with Crippen molar-refractivity contribution in [3.63, 3.8) is 0 Å². The average molecular weight is 147 g/mol. The van der Waals surface area contributed by atoms with Gasteiger partial charge in [-0.25, -0.2) is 0 Å². The van der Waals surface area contributed by atoms with Crippen LogP contribution in [0.25, 0.3) is 0 Å². The number of hydrogen-bond donors (Lipinski definition) is 0. The maximum Gasteiger partial charge on any atom is 0.132 e. The van der Waals surface area contributed by atoms with Gasteiger partial charge in [-0.1, -0.05) is 0 Å². The van der Waals surface area contributed by atoms with Crippen LogP contribution in [-0.2, 0) is 4.79 Å². The molecule has 0 N–H and O–H groups in total. The molecule has 0 bridgehead atoms. The predicted octanol–water partition coefficient (Wildman–Crippen LogP) is 1.98. The highest BCUT2D eigenvalue weighted by Crippen LogP contribution is 2.29. The Labute approximate surface area is 60.4 Å². The molecule has 1 saturated carbocycles. The van der Waals surface area contributed by atoms with Crippen molar-refractivity contribution in [2.75, 3.05) is 0 Å². The van der Waals surface area contributed by atoms with E-state index in [0.717, 1.165) is 19.3 Å². The van der Waals surface area contributed by atoms with E-state index in [1.165, 1.54) is 0 Å². The van der Waals surface area contributed by atoms with Gasteiger partial charge in [0.2, 0.25) is 0 Å². The standard InChI is InChI=1S/C7H11ClO/c1-5(9)6-2-3-7(8)4-6/h6-7H,2-4H2,1H3/t6-,7+/m1/s1. The molecule has 1 nitrogen and oxygen atoms in total. The first kappa shape index (κ1) is 7.07. The van der Waals surface area contributed by atoms with Gasteiger partial charge in [0.05, 0.1) is 0 Å². The first-order valence-electron chi connectivity index (χ1n) is 3.34. The van der Waals surface area contributed by atoms with E-state index in [4.69, 9.17) is 11.6 Å². The number of ketones is 1. The SMILES string of the molecule is CC(=O)[C@@H]1CC[C@H](Cl)C1. The van der Waals surface area contributed by atoms with E-state index in [1.807, 2.05) is 0 Å². The molecule has 52 valence electrons. The van der Waals surface area contributed by atoms with E-state index < -0.39 is 0 Å². The molecule has 0 heterocycles. The van der Waals surface area contributed by atoms with Crippen molar-refractivity contribution < 1.29 is 4.79 Å². The van der Waals surface area contributed by atoms with Crippen LogP contribution in [0.3, 0.4) is 0 Å². The summed E-state index contributed by atoms with van der Waals surface area (Å²) in [5, 5.41) is 0.263. The molecule has 0 aromatic rings. The van der Waals surface area contributed by atoms with E-state index in [0.29, 0.717) is 5.78 Å². The number of rotatable bonds is 1. The Hall–Kier alpha value is -0.0400. The summed E-state index contributed by atoms with van der Waals surface area (Å²) in [6.45, 7) is 1.65. The Bertz CT molecular complexity index is 122. The molecule has 0 aromatic carbocycles. The van der Waals surface area contributed by atoms with E-state index in [2.05, 4.69) is 0 Å². The summed E-state index contributed by atoms with van der Waals surface area (Å²) in [5.41, 5.74) is 0. The summed E-state index contributed by atoms with van der Waals surface area (Å²) in [6, 6.07) is 0. The quantitative estimate of drug-likeness (QED) is 0.517. The molecule has 0 saturated heterocycles. The molecule has 1 rings (SSSR count). The van der Waals surface area contributed by atoms with Crippen LogP contribution in [0.2, 0.25) is 0 Å². The maximum absolute atomic E-state index is 10.7. The zero-order chi connectivity index (χ0) is 6.85. The summed E-state index contributed by atoms with van der Waals surface area (Å²) in [6.07, 6.45) is 2.92. The number of carbonyl (C=O) groups excluding carboxylic acids is 1. The van der Waals surface area contributed by atoms with Crippen LogP contribution >= 0.6 is 11.6 Å². The molecule has 0 spiro atoms. The summed E-state index contributed by atoms with van der Waals surface area (Å²) >= 11 is 5.80. The third kappa shape index (κ3) is 1.68. The third-order valence-electron chi connectivity index (χ3n) is 1.94. The molecule has 0 unspecified atom stereocenters. The average Bonchev–Trinajstić information content (AvgIpc) is 2.14. The first-order valence-corrected chi connectivity index (χ1v) is 3.78.